The molecule has 4 heteroatoms. The number of aromatic nitrogens is 2. The van der Waals surface area contributed by atoms with Crippen molar-refractivity contribution in [3.05, 3.63) is 60.2 Å². The molecule has 2 rings (SSSR count). The van der Waals surface area contributed by atoms with Crippen molar-refractivity contribution in [1.29, 1.82) is 0 Å². The molecule has 0 aromatic carbocycles. The van der Waals surface area contributed by atoms with Crippen molar-refractivity contribution >= 4 is 25.3 Å². The monoisotopic (exact) mass is 278 g/mol. The van der Waals surface area contributed by atoms with E-state index in [1.54, 1.807) is 12.4 Å². The minimum Gasteiger partial charge on any atom is -0.261 e. The van der Waals surface area contributed by atoms with Gasteiger partial charge < -0.3 is 0 Å². The van der Waals surface area contributed by atoms with Crippen LogP contribution in [0.3, 0.4) is 0 Å². The van der Waals surface area contributed by atoms with Gasteiger partial charge in [-0.2, -0.15) is 25.3 Å². The van der Waals surface area contributed by atoms with Crippen molar-refractivity contribution in [1.82, 2.24) is 9.97 Å². The average molecular weight is 278 g/mol. The normalized spacial score (nSPS) is 11.3. The second-order valence-corrected chi connectivity index (χ2v) is 4.95. The average Bonchev–Trinajstić information content (AvgIpc) is 2.42. The lowest BCUT2D eigenvalue weighted by Gasteiger charge is -1.99. The molecular formula is C14H18N2S2. The largest absolute Gasteiger partial charge is 0.261 e. The Hall–Kier alpha value is -1.00. The highest BCUT2D eigenvalue weighted by atomic mass is 32.1. The first-order valence-electron chi connectivity index (χ1n) is 5.83. The third kappa shape index (κ3) is 6.07. The number of hydrogen-bond donors (Lipinski definition) is 2. The smallest absolute Gasteiger partial charge is 0.0528 e. The van der Waals surface area contributed by atoms with Gasteiger partial charge in [-0.05, 0) is 43.4 Å². The topological polar surface area (TPSA) is 25.8 Å². The molecule has 0 aliphatic carbocycles. The fourth-order valence-corrected chi connectivity index (χ4v) is 1.67. The van der Waals surface area contributed by atoms with Crippen LogP contribution in [0.15, 0.2) is 48.8 Å². The molecule has 18 heavy (non-hydrogen) atoms. The molecule has 2 heterocycles. The fourth-order valence-electron chi connectivity index (χ4n) is 1.28. The van der Waals surface area contributed by atoms with Crippen LogP contribution in [0.25, 0.3) is 0 Å². The summed E-state index contributed by atoms with van der Waals surface area (Å²) in [6.07, 6.45) is 4.55. The fraction of sp³-hybridized carbons (Fsp3) is 0.286. The van der Waals surface area contributed by atoms with E-state index in [0.29, 0.717) is 0 Å². The third-order valence-electron chi connectivity index (χ3n) is 2.21. The summed E-state index contributed by atoms with van der Waals surface area (Å²) in [5.74, 6) is 0.872. The maximum Gasteiger partial charge on any atom is 0.0528 e. The summed E-state index contributed by atoms with van der Waals surface area (Å²) in [5, 5.41) is 0.242. The molecule has 0 bridgehead atoms. The Morgan fingerprint density at radius 3 is 2.11 bits per heavy atom. The number of rotatable bonds is 3. The van der Waals surface area contributed by atoms with Crippen molar-refractivity contribution < 1.29 is 0 Å². The van der Waals surface area contributed by atoms with Gasteiger partial charge in [-0.15, -0.1) is 0 Å². The number of aryl methyl sites for hydroxylation is 1. The van der Waals surface area contributed by atoms with E-state index in [4.69, 9.17) is 0 Å². The van der Waals surface area contributed by atoms with Crippen LogP contribution in [0.4, 0.5) is 0 Å². The van der Waals surface area contributed by atoms with Gasteiger partial charge in [0.25, 0.3) is 0 Å². The van der Waals surface area contributed by atoms with Crippen molar-refractivity contribution in [2.24, 2.45) is 0 Å². The standard InChI is InChI=1S/2C7H9NS/c1-6(9)7-4-2-3-5-8-7;9-6-4-7-3-1-2-5-8-7/h2-6,9H,1H3;1-3,5,9H,4,6H2. The minimum atomic E-state index is 0.242. The van der Waals surface area contributed by atoms with Crippen LogP contribution in [-0.2, 0) is 6.42 Å². The maximum absolute atomic E-state index is 4.23. The van der Waals surface area contributed by atoms with Gasteiger partial charge in [0.05, 0.1) is 5.69 Å². The minimum absolute atomic E-state index is 0.242. The summed E-state index contributed by atoms with van der Waals surface area (Å²) in [5.41, 5.74) is 2.15. The van der Waals surface area contributed by atoms with Crippen LogP contribution < -0.4 is 0 Å². The number of hydrogen-bond acceptors (Lipinski definition) is 4. The summed E-state index contributed by atoms with van der Waals surface area (Å²) < 4.78 is 0. The zero-order valence-corrected chi connectivity index (χ0v) is 12.2. The Bertz CT molecular complexity index is 418. The molecule has 0 amide bonds. The van der Waals surface area contributed by atoms with Gasteiger partial charge in [-0.1, -0.05) is 12.1 Å². The van der Waals surface area contributed by atoms with Crippen LogP contribution in [0.5, 0.6) is 0 Å². The molecule has 0 fully saturated rings. The Balaban J connectivity index is 0.000000180. The quantitative estimate of drug-likeness (QED) is 0.839. The lowest BCUT2D eigenvalue weighted by molar-refractivity contribution is 1.02. The summed E-state index contributed by atoms with van der Waals surface area (Å²) in [7, 11) is 0. The first kappa shape index (κ1) is 15.1. The Morgan fingerprint density at radius 1 is 1.06 bits per heavy atom. The molecule has 0 spiro atoms. The van der Waals surface area contributed by atoms with Gasteiger partial charge in [0, 0.05) is 23.3 Å². The molecule has 96 valence electrons. The highest BCUT2D eigenvalue weighted by Gasteiger charge is 1.96. The zero-order valence-electron chi connectivity index (χ0n) is 10.4. The summed E-state index contributed by atoms with van der Waals surface area (Å²) in [4.78, 5) is 8.22. The molecule has 2 aromatic rings. The van der Waals surface area contributed by atoms with E-state index in [0.717, 1.165) is 23.6 Å². The van der Waals surface area contributed by atoms with Gasteiger partial charge in [0.2, 0.25) is 0 Å². The summed E-state index contributed by atoms with van der Waals surface area (Å²) in [6.45, 7) is 2.01. The molecule has 0 aliphatic rings. The van der Waals surface area contributed by atoms with Crippen molar-refractivity contribution in [3.8, 4) is 0 Å². The third-order valence-corrected chi connectivity index (χ3v) is 2.70. The molecule has 0 radical (unpaired) electrons. The first-order chi connectivity index (χ1) is 8.74. The van der Waals surface area contributed by atoms with Crippen molar-refractivity contribution in [2.45, 2.75) is 18.6 Å². The van der Waals surface area contributed by atoms with Crippen molar-refractivity contribution in [3.63, 3.8) is 0 Å². The van der Waals surface area contributed by atoms with E-state index in [1.165, 1.54) is 0 Å². The lowest BCUT2D eigenvalue weighted by Crippen LogP contribution is -1.87. The number of thiol groups is 2. The van der Waals surface area contributed by atoms with Crippen LogP contribution in [0.2, 0.25) is 0 Å². The SMILES string of the molecule is CC(S)c1ccccn1.SCCc1ccccn1. The van der Waals surface area contributed by atoms with Gasteiger partial charge in [0.1, 0.15) is 0 Å². The molecular weight excluding hydrogens is 260 g/mol. The van der Waals surface area contributed by atoms with Gasteiger partial charge >= 0.3 is 0 Å². The molecule has 2 nitrogen and oxygen atoms in total. The Labute approximate surface area is 120 Å². The van der Waals surface area contributed by atoms with Crippen molar-refractivity contribution in [2.75, 3.05) is 5.75 Å². The van der Waals surface area contributed by atoms with E-state index >= 15 is 0 Å². The van der Waals surface area contributed by atoms with Crippen LogP contribution in [-0.4, -0.2) is 15.7 Å². The molecule has 0 aliphatic heterocycles. The molecule has 1 unspecified atom stereocenters. The second-order valence-electron chi connectivity index (χ2n) is 3.73. The first-order valence-corrected chi connectivity index (χ1v) is 6.98. The Kier molecular flexibility index (Phi) is 7.53. The van der Waals surface area contributed by atoms with Gasteiger partial charge in [0.15, 0.2) is 0 Å². The second kappa shape index (κ2) is 9.00. The molecule has 1 atom stereocenters. The molecule has 0 saturated carbocycles. The predicted octanol–water partition coefficient (Wildman–Crippen LogP) is 3.63. The van der Waals surface area contributed by atoms with Gasteiger partial charge in [-0.25, -0.2) is 0 Å². The van der Waals surface area contributed by atoms with E-state index in [2.05, 4.69) is 35.2 Å². The molecule has 2 aromatic heterocycles. The number of pyridine rings is 2. The molecule has 0 saturated heterocycles. The van der Waals surface area contributed by atoms with E-state index in [9.17, 15) is 0 Å². The van der Waals surface area contributed by atoms with E-state index in [-0.39, 0.29) is 5.25 Å². The van der Waals surface area contributed by atoms with E-state index in [1.807, 2.05) is 43.3 Å². The van der Waals surface area contributed by atoms with Crippen LogP contribution in [0, 0.1) is 0 Å². The number of nitrogens with zero attached hydrogens (tertiary/aromatic N) is 2. The maximum atomic E-state index is 4.23. The van der Waals surface area contributed by atoms with Gasteiger partial charge in [-0.3, -0.25) is 9.97 Å². The predicted molar refractivity (Wildman–Crippen MR) is 83.4 cm³/mol. The van der Waals surface area contributed by atoms with E-state index < -0.39 is 0 Å². The summed E-state index contributed by atoms with van der Waals surface area (Å²) >= 11 is 8.32. The summed E-state index contributed by atoms with van der Waals surface area (Å²) in [6, 6.07) is 11.8. The highest BCUT2D eigenvalue weighted by molar-refractivity contribution is 7.80. The molecule has 0 N–H and O–H groups in total. The lowest BCUT2D eigenvalue weighted by atomic mass is 10.3. The van der Waals surface area contributed by atoms with Crippen LogP contribution in [0.1, 0.15) is 23.6 Å². The van der Waals surface area contributed by atoms with Crippen LogP contribution >= 0.6 is 25.3 Å². The zero-order chi connectivity index (χ0) is 13.2. The Morgan fingerprint density at radius 2 is 1.72 bits per heavy atom. The highest BCUT2D eigenvalue weighted by Crippen LogP contribution is 2.14.